The number of carbonyl (C=O) groups excluding carboxylic acids is 2. The Kier molecular flexibility index (Phi) is 7.00. The van der Waals surface area contributed by atoms with Crippen molar-refractivity contribution in [3.8, 4) is 0 Å². The van der Waals surface area contributed by atoms with Crippen molar-refractivity contribution in [3.63, 3.8) is 0 Å². The lowest BCUT2D eigenvalue weighted by atomic mass is 9.79. The van der Waals surface area contributed by atoms with Gasteiger partial charge in [-0.15, -0.1) is 0 Å². The summed E-state index contributed by atoms with van der Waals surface area (Å²) in [6, 6.07) is 2.95. The number of fused-ring (bicyclic) bond motifs is 1. The number of aromatic amines is 1. The second-order valence-electron chi connectivity index (χ2n) is 9.52. The summed E-state index contributed by atoms with van der Waals surface area (Å²) in [5, 5.41) is 7.03. The number of hydrogen-bond donors (Lipinski definition) is 2. The molecule has 8 nitrogen and oxygen atoms in total. The van der Waals surface area contributed by atoms with E-state index in [2.05, 4.69) is 27.4 Å². The molecule has 1 aromatic carbocycles. The average Bonchev–Trinajstić information content (AvgIpc) is 3.47. The van der Waals surface area contributed by atoms with Crippen LogP contribution in [0.1, 0.15) is 73.0 Å². The van der Waals surface area contributed by atoms with E-state index in [0.717, 1.165) is 25.7 Å². The van der Waals surface area contributed by atoms with Crippen LogP contribution in [0, 0.1) is 17.7 Å². The summed E-state index contributed by atoms with van der Waals surface area (Å²) in [6.45, 7) is 4.15. The average molecular weight is 470 g/mol. The van der Waals surface area contributed by atoms with Gasteiger partial charge in [0.15, 0.2) is 5.82 Å². The fourth-order valence-electron chi connectivity index (χ4n) is 4.65. The molecule has 3 aromatic rings. The summed E-state index contributed by atoms with van der Waals surface area (Å²) in [5.41, 5.74) is 2.02. The molecule has 1 atom stereocenters. The van der Waals surface area contributed by atoms with Crippen LogP contribution in [0.2, 0.25) is 0 Å². The standard InChI is InChI=1S/C25H32FN5O3/c1-5-18-17(13-34-30-18)25(33)29-22(15-8-6-14(2)7-9-15)24-27-19-11-10-16(12-20(32)31(3)4)21(26)23(19)28-24/h10-11,13-15,22H,5-9,12H2,1-4H3,(H,27,28)(H,29,33)/t14?,15?,22-/m0/s1. The van der Waals surface area contributed by atoms with E-state index in [-0.39, 0.29) is 29.7 Å². The highest BCUT2D eigenvalue weighted by molar-refractivity contribution is 5.95. The van der Waals surface area contributed by atoms with E-state index in [1.165, 1.54) is 11.2 Å². The number of H-pyrrole nitrogens is 1. The molecule has 2 heterocycles. The molecule has 1 saturated carbocycles. The molecule has 2 N–H and O–H groups in total. The maximum Gasteiger partial charge on any atom is 0.257 e. The number of hydrogen-bond acceptors (Lipinski definition) is 5. The van der Waals surface area contributed by atoms with Gasteiger partial charge < -0.3 is 19.7 Å². The largest absolute Gasteiger partial charge is 0.364 e. The number of benzene rings is 1. The van der Waals surface area contributed by atoms with Crippen molar-refractivity contribution in [2.75, 3.05) is 14.1 Å². The fraction of sp³-hybridized carbons (Fsp3) is 0.520. The van der Waals surface area contributed by atoms with Crippen molar-refractivity contribution < 1.29 is 18.5 Å². The molecule has 34 heavy (non-hydrogen) atoms. The highest BCUT2D eigenvalue weighted by Crippen LogP contribution is 2.37. The number of likely N-dealkylation sites (N-methyl/N-ethyl adjacent to an activating group) is 1. The van der Waals surface area contributed by atoms with Gasteiger partial charge in [-0.25, -0.2) is 9.37 Å². The topological polar surface area (TPSA) is 104 Å². The van der Waals surface area contributed by atoms with Crippen LogP contribution in [0.5, 0.6) is 0 Å². The van der Waals surface area contributed by atoms with Gasteiger partial charge in [0.05, 0.1) is 23.7 Å². The van der Waals surface area contributed by atoms with E-state index >= 15 is 4.39 Å². The Morgan fingerprint density at radius 1 is 1.26 bits per heavy atom. The fourth-order valence-corrected chi connectivity index (χ4v) is 4.65. The highest BCUT2D eigenvalue weighted by Gasteiger charge is 2.32. The van der Waals surface area contributed by atoms with Gasteiger partial charge >= 0.3 is 0 Å². The van der Waals surface area contributed by atoms with Crippen molar-refractivity contribution >= 4 is 22.8 Å². The van der Waals surface area contributed by atoms with Crippen LogP contribution < -0.4 is 5.32 Å². The zero-order chi connectivity index (χ0) is 24.4. The monoisotopic (exact) mass is 469 g/mol. The lowest BCUT2D eigenvalue weighted by Gasteiger charge is -2.32. The third-order valence-electron chi connectivity index (χ3n) is 6.87. The minimum atomic E-state index is -0.509. The van der Waals surface area contributed by atoms with E-state index in [0.29, 0.717) is 40.5 Å². The molecule has 0 aliphatic heterocycles. The van der Waals surface area contributed by atoms with Gasteiger partial charge in [-0.2, -0.15) is 0 Å². The van der Waals surface area contributed by atoms with E-state index in [1.807, 2.05) is 6.92 Å². The number of amides is 2. The molecule has 0 unspecified atom stereocenters. The van der Waals surface area contributed by atoms with E-state index in [4.69, 9.17) is 4.52 Å². The minimum Gasteiger partial charge on any atom is -0.364 e. The van der Waals surface area contributed by atoms with Crippen molar-refractivity contribution in [2.45, 2.75) is 58.4 Å². The maximum atomic E-state index is 15.3. The minimum absolute atomic E-state index is 0.0368. The first-order chi connectivity index (χ1) is 16.3. The summed E-state index contributed by atoms with van der Waals surface area (Å²) >= 11 is 0. The van der Waals surface area contributed by atoms with Gasteiger partial charge in [0.1, 0.15) is 23.2 Å². The molecule has 0 saturated heterocycles. The molecule has 4 rings (SSSR count). The van der Waals surface area contributed by atoms with Crippen molar-refractivity contribution in [1.29, 1.82) is 0 Å². The lowest BCUT2D eigenvalue weighted by molar-refractivity contribution is -0.128. The van der Waals surface area contributed by atoms with Crippen LogP contribution in [0.15, 0.2) is 22.9 Å². The quantitative estimate of drug-likeness (QED) is 0.540. The maximum absolute atomic E-state index is 15.3. The Hall–Kier alpha value is -3.23. The van der Waals surface area contributed by atoms with E-state index < -0.39 is 11.9 Å². The van der Waals surface area contributed by atoms with Crippen molar-refractivity contribution in [2.24, 2.45) is 11.8 Å². The number of aromatic nitrogens is 3. The summed E-state index contributed by atoms with van der Waals surface area (Å²) in [7, 11) is 3.28. The molecule has 1 aliphatic carbocycles. The molecule has 1 fully saturated rings. The third kappa shape index (κ3) is 4.83. The lowest BCUT2D eigenvalue weighted by Crippen LogP contribution is -2.36. The SMILES string of the molecule is CCc1nocc1C(=O)N[C@H](c1nc2c(F)c(CC(=O)N(C)C)ccc2[nH]1)C1CCC(C)CC1. The second-order valence-corrected chi connectivity index (χ2v) is 9.52. The predicted octanol–water partition coefficient (Wildman–Crippen LogP) is 4.18. The molecular weight excluding hydrogens is 437 g/mol. The predicted molar refractivity (Wildman–Crippen MR) is 126 cm³/mol. The molecular formula is C25H32FN5O3. The molecule has 9 heteroatoms. The zero-order valence-corrected chi connectivity index (χ0v) is 20.2. The van der Waals surface area contributed by atoms with Crippen LogP contribution in [0.25, 0.3) is 11.0 Å². The Bertz CT molecular complexity index is 1180. The van der Waals surface area contributed by atoms with E-state index in [9.17, 15) is 9.59 Å². The first-order valence-electron chi connectivity index (χ1n) is 11.9. The van der Waals surface area contributed by atoms with Gasteiger partial charge in [-0.1, -0.05) is 37.9 Å². The summed E-state index contributed by atoms with van der Waals surface area (Å²) in [4.78, 5) is 34.5. The van der Waals surface area contributed by atoms with Gasteiger partial charge in [-0.05, 0) is 42.7 Å². The number of aryl methyl sites for hydroxylation is 1. The number of imidazole rings is 1. The van der Waals surface area contributed by atoms with Crippen LogP contribution in [0.3, 0.4) is 0 Å². The Labute approximate surface area is 198 Å². The number of halogens is 1. The smallest absolute Gasteiger partial charge is 0.257 e. The summed E-state index contributed by atoms with van der Waals surface area (Å²) in [6.07, 6.45) is 5.92. The second kappa shape index (κ2) is 9.95. The normalized spacial score (nSPS) is 19.2. The Morgan fingerprint density at radius 3 is 2.68 bits per heavy atom. The van der Waals surface area contributed by atoms with Gasteiger partial charge in [-0.3, -0.25) is 9.59 Å². The van der Waals surface area contributed by atoms with Crippen LogP contribution in [-0.4, -0.2) is 45.9 Å². The first kappa shape index (κ1) is 23.9. The van der Waals surface area contributed by atoms with Crippen LogP contribution in [0.4, 0.5) is 4.39 Å². The molecule has 0 spiro atoms. The molecule has 2 amide bonds. The number of nitrogens with one attached hydrogen (secondary N) is 2. The van der Waals surface area contributed by atoms with Gasteiger partial charge in [0.25, 0.3) is 5.91 Å². The number of nitrogens with zero attached hydrogens (tertiary/aromatic N) is 3. The number of carbonyl (C=O) groups is 2. The molecule has 0 radical (unpaired) electrons. The third-order valence-corrected chi connectivity index (χ3v) is 6.87. The van der Waals surface area contributed by atoms with Crippen LogP contribution in [-0.2, 0) is 17.6 Å². The van der Waals surface area contributed by atoms with Crippen molar-refractivity contribution in [3.05, 3.63) is 46.9 Å². The first-order valence-corrected chi connectivity index (χ1v) is 11.9. The molecule has 182 valence electrons. The molecule has 1 aliphatic rings. The summed E-state index contributed by atoms with van der Waals surface area (Å²) < 4.78 is 20.3. The molecule has 0 bridgehead atoms. The van der Waals surface area contributed by atoms with Crippen molar-refractivity contribution in [1.82, 2.24) is 25.3 Å². The van der Waals surface area contributed by atoms with E-state index in [1.54, 1.807) is 26.2 Å². The number of rotatable bonds is 7. The Morgan fingerprint density at radius 2 is 2.00 bits per heavy atom. The van der Waals surface area contributed by atoms with Gasteiger partial charge in [0, 0.05) is 14.1 Å². The van der Waals surface area contributed by atoms with Gasteiger partial charge in [0.2, 0.25) is 5.91 Å². The van der Waals surface area contributed by atoms with Crippen LogP contribution >= 0.6 is 0 Å². The highest BCUT2D eigenvalue weighted by atomic mass is 19.1. The Balaban J connectivity index is 1.67. The molecule has 2 aromatic heterocycles. The summed E-state index contributed by atoms with van der Waals surface area (Å²) in [5.74, 6) is 0.360. The zero-order valence-electron chi connectivity index (χ0n) is 20.2.